The van der Waals surface area contributed by atoms with Gasteiger partial charge in [0.15, 0.2) is 0 Å². The maximum atomic E-state index is 12.3. The largest absolute Gasteiger partial charge is 0.489 e. The number of piperazine rings is 1. The predicted molar refractivity (Wildman–Crippen MR) is 133 cm³/mol. The van der Waals surface area contributed by atoms with E-state index in [0.717, 1.165) is 60.5 Å². The van der Waals surface area contributed by atoms with E-state index in [1.165, 1.54) is 5.56 Å². The summed E-state index contributed by atoms with van der Waals surface area (Å²) in [6.07, 6.45) is 1.83. The second kappa shape index (κ2) is 10.1. The quantitative estimate of drug-likeness (QED) is 0.403. The number of aromatic amines is 1. The van der Waals surface area contributed by atoms with Crippen molar-refractivity contribution in [3.8, 4) is 5.75 Å². The van der Waals surface area contributed by atoms with Crippen LogP contribution >= 0.6 is 0 Å². The number of fused-ring (bicyclic) bond motifs is 1. The Bertz CT molecular complexity index is 1230. The van der Waals surface area contributed by atoms with Crippen LogP contribution in [0.2, 0.25) is 0 Å². The van der Waals surface area contributed by atoms with Gasteiger partial charge in [0, 0.05) is 61.5 Å². The van der Waals surface area contributed by atoms with E-state index in [1.54, 1.807) is 0 Å². The highest BCUT2D eigenvalue weighted by Crippen LogP contribution is 2.32. The van der Waals surface area contributed by atoms with Crippen LogP contribution in [0.4, 0.5) is 0 Å². The number of hydrogen-bond donors (Lipinski definition) is 2. The minimum Gasteiger partial charge on any atom is -0.489 e. The van der Waals surface area contributed by atoms with E-state index in [4.69, 9.17) is 4.74 Å². The molecule has 4 aromatic rings. The third-order valence-corrected chi connectivity index (χ3v) is 6.48. The Morgan fingerprint density at radius 2 is 1.59 bits per heavy atom. The number of aliphatic carboxylic acids is 1. The van der Waals surface area contributed by atoms with Crippen LogP contribution in [0.25, 0.3) is 10.9 Å². The zero-order chi connectivity index (χ0) is 23.3. The van der Waals surface area contributed by atoms with Gasteiger partial charge in [0.2, 0.25) is 0 Å². The minimum absolute atomic E-state index is 0.491. The topological polar surface area (TPSA) is 68.8 Å². The highest BCUT2D eigenvalue weighted by atomic mass is 16.5. The Kier molecular flexibility index (Phi) is 6.60. The number of carbonyl (C=O) groups is 1. The second-order valence-corrected chi connectivity index (χ2v) is 8.76. The lowest BCUT2D eigenvalue weighted by Crippen LogP contribution is -2.48. The molecule has 0 bridgehead atoms. The van der Waals surface area contributed by atoms with Gasteiger partial charge in [0.1, 0.15) is 18.4 Å². The van der Waals surface area contributed by atoms with Crippen LogP contribution in [0.3, 0.4) is 0 Å². The molecule has 0 aliphatic carbocycles. The lowest BCUT2D eigenvalue weighted by atomic mass is 10.0. The first-order valence-electron chi connectivity index (χ1n) is 11.7. The molecule has 0 saturated carbocycles. The van der Waals surface area contributed by atoms with E-state index in [-0.39, 0.29) is 0 Å². The van der Waals surface area contributed by atoms with Gasteiger partial charge in [-0.15, -0.1) is 0 Å². The molecule has 0 spiro atoms. The lowest BCUT2D eigenvalue weighted by molar-refractivity contribution is -0.144. The summed E-state index contributed by atoms with van der Waals surface area (Å²) in [5, 5.41) is 11.1. The van der Waals surface area contributed by atoms with Gasteiger partial charge in [-0.2, -0.15) is 0 Å². The number of H-pyrrole nitrogens is 1. The Morgan fingerprint density at radius 1 is 0.912 bits per heavy atom. The minimum atomic E-state index is -0.818. The van der Waals surface area contributed by atoms with E-state index in [2.05, 4.69) is 39.0 Å². The van der Waals surface area contributed by atoms with Crippen molar-refractivity contribution in [3.63, 3.8) is 0 Å². The number of ether oxygens (including phenoxy) is 1. The zero-order valence-corrected chi connectivity index (χ0v) is 19.1. The van der Waals surface area contributed by atoms with Gasteiger partial charge in [-0.25, -0.2) is 0 Å². The average Bonchev–Trinajstić information content (AvgIpc) is 3.28. The molecule has 174 valence electrons. The summed E-state index contributed by atoms with van der Waals surface area (Å²) in [5.74, 6) is -0.0621. The van der Waals surface area contributed by atoms with Gasteiger partial charge in [-0.05, 0) is 23.3 Å². The van der Waals surface area contributed by atoms with E-state index in [9.17, 15) is 9.90 Å². The Hall–Kier alpha value is -3.61. The number of carboxylic acids is 1. The molecule has 1 atom stereocenters. The molecular weight excluding hydrogens is 426 g/mol. The summed E-state index contributed by atoms with van der Waals surface area (Å²) in [6.45, 7) is 4.51. The van der Waals surface area contributed by atoms with Gasteiger partial charge < -0.3 is 14.8 Å². The van der Waals surface area contributed by atoms with Crippen LogP contribution in [0.5, 0.6) is 5.75 Å². The maximum absolute atomic E-state index is 12.3. The first kappa shape index (κ1) is 22.2. The molecule has 1 fully saturated rings. The van der Waals surface area contributed by atoms with Crippen LogP contribution in [-0.4, -0.2) is 52.0 Å². The van der Waals surface area contributed by atoms with Crippen LogP contribution in [0, 0.1) is 0 Å². The molecule has 6 heteroatoms. The van der Waals surface area contributed by atoms with Gasteiger partial charge in [-0.3, -0.25) is 14.6 Å². The van der Waals surface area contributed by atoms with Crippen LogP contribution < -0.4 is 4.74 Å². The van der Waals surface area contributed by atoms with Crippen molar-refractivity contribution in [1.82, 2.24) is 14.8 Å². The molecule has 1 unspecified atom stereocenters. The highest BCUT2D eigenvalue weighted by molar-refractivity contribution is 5.90. The number of aromatic nitrogens is 1. The van der Waals surface area contributed by atoms with Crippen molar-refractivity contribution in [2.45, 2.75) is 19.2 Å². The van der Waals surface area contributed by atoms with Crippen molar-refractivity contribution in [2.24, 2.45) is 0 Å². The number of nitrogens with one attached hydrogen (secondary N) is 1. The second-order valence-electron chi connectivity index (χ2n) is 8.76. The number of carboxylic acid groups (broad SMARTS) is 1. The van der Waals surface area contributed by atoms with Crippen molar-refractivity contribution < 1.29 is 14.6 Å². The van der Waals surface area contributed by atoms with E-state index in [0.29, 0.717) is 6.61 Å². The standard InChI is InChI=1S/C28H29N3O3/c32-28(33)27(31-15-13-30(14-16-31)19-21-7-3-1-4-8-21)25-18-29-26-17-23(11-12-24(25)26)34-20-22-9-5-2-6-10-22/h1-12,17-18,27,29H,13-16,19-20H2,(H,32,33). The Balaban J connectivity index is 1.27. The molecule has 0 amide bonds. The molecule has 0 radical (unpaired) electrons. The van der Waals surface area contributed by atoms with Crippen LogP contribution in [0.1, 0.15) is 22.7 Å². The third kappa shape index (κ3) is 4.98. The SMILES string of the molecule is O=C(O)C(c1c[nH]c2cc(OCc3ccccc3)ccc12)N1CCN(Cc2ccccc2)CC1. The Morgan fingerprint density at radius 3 is 2.26 bits per heavy atom. The van der Waals surface area contributed by atoms with Gasteiger partial charge >= 0.3 is 5.97 Å². The third-order valence-electron chi connectivity index (χ3n) is 6.48. The summed E-state index contributed by atoms with van der Waals surface area (Å²) in [7, 11) is 0. The van der Waals surface area contributed by atoms with Gasteiger partial charge in [-0.1, -0.05) is 60.7 Å². The fraction of sp³-hybridized carbons (Fsp3) is 0.250. The summed E-state index contributed by atoms with van der Waals surface area (Å²) in [6, 6.07) is 25.6. The van der Waals surface area contributed by atoms with Crippen LogP contribution in [0.15, 0.2) is 85.1 Å². The van der Waals surface area contributed by atoms with E-state index >= 15 is 0 Å². The maximum Gasteiger partial charge on any atom is 0.325 e. The van der Waals surface area contributed by atoms with Crippen molar-refractivity contribution in [1.29, 1.82) is 0 Å². The number of hydrogen-bond acceptors (Lipinski definition) is 4. The summed E-state index contributed by atoms with van der Waals surface area (Å²) in [4.78, 5) is 20.1. The summed E-state index contributed by atoms with van der Waals surface area (Å²) >= 11 is 0. The highest BCUT2D eigenvalue weighted by Gasteiger charge is 2.32. The zero-order valence-electron chi connectivity index (χ0n) is 19.1. The van der Waals surface area contributed by atoms with E-state index in [1.807, 2.05) is 60.8 Å². The molecule has 1 saturated heterocycles. The molecule has 34 heavy (non-hydrogen) atoms. The van der Waals surface area contributed by atoms with E-state index < -0.39 is 12.0 Å². The predicted octanol–water partition coefficient (Wildman–Crippen LogP) is 4.69. The molecule has 6 nitrogen and oxygen atoms in total. The normalized spacial score (nSPS) is 15.9. The first-order valence-corrected chi connectivity index (χ1v) is 11.7. The van der Waals surface area contributed by atoms with Gasteiger partial charge in [0.25, 0.3) is 0 Å². The molecular formula is C28H29N3O3. The Labute approximate surface area is 199 Å². The monoisotopic (exact) mass is 455 g/mol. The molecule has 5 rings (SSSR count). The lowest BCUT2D eigenvalue weighted by Gasteiger charge is -2.37. The summed E-state index contributed by atoms with van der Waals surface area (Å²) in [5.41, 5.74) is 4.07. The molecule has 3 aromatic carbocycles. The number of rotatable bonds is 8. The van der Waals surface area contributed by atoms with Gasteiger partial charge in [0.05, 0.1) is 0 Å². The number of nitrogens with zero attached hydrogens (tertiary/aromatic N) is 2. The fourth-order valence-corrected chi connectivity index (χ4v) is 4.69. The van der Waals surface area contributed by atoms with Crippen LogP contribution in [-0.2, 0) is 17.9 Å². The molecule has 1 aromatic heterocycles. The molecule has 1 aliphatic rings. The van der Waals surface area contributed by atoms with Crippen molar-refractivity contribution >= 4 is 16.9 Å². The van der Waals surface area contributed by atoms with Crippen molar-refractivity contribution in [2.75, 3.05) is 26.2 Å². The molecule has 2 N–H and O–H groups in total. The summed E-state index contributed by atoms with van der Waals surface area (Å²) < 4.78 is 5.94. The smallest absolute Gasteiger partial charge is 0.325 e. The molecule has 2 heterocycles. The first-order chi connectivity index (χ1) is 16.7. The average molecular weight is 456 g/mol. The fourth-order valence-electron chi connectivity index (χ4n) is 4.69. The number of benzene rings is 3. The van der Waals surface area contributed by atoms with Crippen molar-refractivity contribution in [3.05, 3.63) is 102 Å². The molecule has 1 aliphatic heterocycles.